The van der Waals surface area contributed by atoms with E-state index in [1.807, 2.05) is 0 Å². The Bertz CT molecular complexity index is 286. The Labute approximate surface area is 82.2 Å². The van der Waals surface area contributed by atoms with E-state index in [4.69, 9.17) is 16.7 Å². The van der Waals surface area contributed by atoms with Gasteiger partial charge in [0.2, 0.25) is 0 Å². The van der Waals surface area contributed by atoms with Crippen molar-refractivity contribution in [2.75, 3.05) is 0 Å². The molecule has 0 unspecified atom stereocenters. The van der Waals surface area contributed by atoms with Crippen LogP contribution in [-0.2, 0) is 6.42 Å². The lowest BCUT2D eigenvalue weighted by Gasteiger charge is -2.05. The quantitative estimate of drug-likeness (QED) is 0.799. The van der Waals surface area contributed by atoms with Gasteiger partial charge in [0.1, 0.15) is 5.82 Å². The molecule has 1 N–H and O–H groups in total. The third kappa shape index (κ3) is 3.33. The van der Waals surface area contributed by atoms with Crippen molar-refractivity contribution in [1.82, 2.24) is 0 Å². The first-order chi connectivity index (χ1) is 6.09. The molecule has 1 nitrogen and oxygen atoms in total. The second-order valence-electron chi connectivity index (χ2n) is 3.12. The number of hydrogen-bond donors (Lipinski definition) is 1. The van der Waals surface area contributed by atoms with E-state index >= 15 is 0 Å². The molecule has 72 valence electrons. The topological polar surface area (TPSA) is 20.2 Å². The van der Waals surface area contributed by atoms with Gasteiger partial charge in [0.05, 0.1) is 6.10 Å². The van der Waals surface area contributed by atoms with Crippen LogP contribution in [0.3, 0.4) is 0 Å². The summed E-state index contributed by atoms with van der Waals surface area (Å²) in [6.07, 6.45) is 0.717. The van der Waals surface area contributed by atoms with Crippen LogP contribution in [-0.4, -0.2) is 11.2 Å². The molecule has 0 saturated heterocycles. The molecule has 0 radical (unpaired) electrons. The van der Waals surface area contributed by atoms with Crippen molar-refractivity contribution in [2.45, 2.75) is 25.9 Å². The number of aryl methyl sites for hydroxylation is 1. The van der Waals surface area contributed by atoms with Crippen LogP contribution in [0.1, 0.15) is 18.9 Å². The molecule has 1 atom stereocenters. The molecular formula is C10H12ClFO. The summed E-state index contributed by atoms with van der Waals surface area (Å²) in [4.78, 5) is 0. The smallest absolute Gasteiger partial charge is 0.127 e. The summed E-state index contributed by atoms with van der Waals surface area (Å²) in [5, 5.41) is 9.41. The fourth-order valence-corrected chi connectivity index (χ4v) is 1.25. The van der Waals surface area contributed by atoms with Crippen LogP contribution in [0.5, 0.6) is 0 Å². The largest absolute Gasteiger partial charge is 0.393 e. The number of benzene rings is 1. The minimum Gasteiger partial charge on any atom is -0.393 e. The molecular weight excluding hydrogens is 191 g/mol. The highest BCUT2D eigenvalue weighted by Crippen LogP contribution is 2.16. The van der Waals surface area contributed by atoms with E-state index < -0.39 is 6.10 Å². The van der Waals surface area contributed by atoms with Gasteiger partial charge in [-0.15, -0.1) is 0 Å². The average Bonchev–Trinajstić information content (AvgIpc) is 2.02. The van der Waals surface area contributed by atoms with Crippen LogP contribution in [0, 0.1) is 5.82 Å². The number of aliphatic hydroxyl groups is 1. The van der Waals surface area contributed by atoms with Crippen molar-refractivity contribution in [2.24, 2.45) is 0 Å². The SMILES string of the molecule is C[C@H](O)CCc1ccc(Cl)cc1F. The normalized spacial score (nSPS) is 12.9. The lowest BCUT2D eigenvalue weighted by molar-refractivity contribution is 0.184. The first-order valence-electron chi connectivity index (χ1n) is 4.21. The second-order valence-corrected chi connectivity index (χ2v) is 3.56. The highest BCUT2D eigenvalue weighted by atomic mass is 35.5. The van der Waals surface area contributed by atoms with E-state index in [1.54, 1.807) is 19.1 Å². The molecule has 0 saturated carbocycles. The molecule has 1 aromatic rings. The van der Waals surface area contributed by atoms with Crippen LogP contribution in [0.15, 0.2) is 18.2 Å². The lowest BCUT2D eigenvalue weighted by atomic mass is 10.1. The summed E-state index contributed by atoms with van der Waals surface area (Å²) >= 11 is 5.59. The zero-order valence-electron chi connectivity index (χ0n) is 7.43. The summed E-state index contributed by atoms with van der Waals surface area (Å²) < 4.78 is 13.1. The molecule has 0 bridgehead atoms. The van der Waals surface area contributed by atoms with Gasteiger partial charge in [0, 0.05) is 5.02 Å². The molecule has 1 rings (SSSR count). The first-order valence-corrected chi connectivity index (χ1v) is 4.59. The fourth-order valence-electron chi connectivity index (χ4n) is 1.09. The van der Waals surface area contributed by atoms with Crippen molar-refractivity contribution >= 4 is 11.6 Å². The Balaban J connectivity index is 2.67. The Hall–Kier alpha value is -0.600. The maximum atomic E-state index is 13.1. The molecule has 1 aromatic carbocycles. The van der Waals surface area contributed by atoms with Crippen LogP contribution in [0.25, 0.3) is 0 Å². The van der Waals surface area contributed by atoms with E-state index in [9.17, 15) is 4.39 Å². The monoisotopic (exact) mass is 202 g/mol. The summed E-state index contributed by atoms with van der Waals surface area (Å²) in [5.74, 6) is -0.298. The molecule has 0 aliphatic heterocycles. The third-order valence-corrected chi connectivity index (χ3v) is 2.08. The van der Waals surface area contributed by atoms with Gasteiger partial charge in [0.25, 0.3) is 0 Å². The van der Waals surface area contributed by atoms with Crippen LogP contribution in [0.2, 0.25) is 5.02 Å². The maximum absolute atomic E-state index is 13.1. The molecule has 0 aliphatic carbocycles. The molecule has 13 heavy (non-hydrogen) atoms. The van der Waals surface area contributed by atoms with Crippen LogP contribution < -0.4 is 0 Å². The first kappa shape index (κ1) is 10.5. The second kappa shape index (κ2) is 4.58. The molecule has 0 spiro atoms. The molecule has 3 heteroatoms. The Morgan fingerprint density at radius 3 is 2.77 bits per heavy atom. The zero-order valence-corrected chi connectivity index (χ0v) is 8.18. The Morgan fingerprint density at radius 1 is 1.54 bits per heavy atom. The third-order valence-electron chi connectivity index (χ3n) is 1.85. The van der Waals surface area contributed by atoms with Crippen molar-refractivity contribution < 1.29 is 9.50 Å². The lowest BCUT2D eigenvalue weighted by Crippen LogP contribution is -2.02. The van der Waals surface area contributed by atoms with Gasteiger partial charge in [-0.05, 0) is 37.5 Å². The van der Waals surface area contributed by atoms with E-state index in [0.717, 1.165) is 0 Å². The highest BCUT2D eigenvalue weighted by molar-refractivity contribution is 6.30. The van der Waals surface area contributed by atoms with Gasteiger partial charge in [-0.2, -0.15) is 0 Å². The predicted molar refractivity (Wildman–Crippen MR) is 51.4 cm³/mol. The molecule has 0 fully saturated rings. The van der Waals surface area contributed by atoms with Gasteiger partial charge < -0.3 is 5.11 Å². The van der Waals surface area contributed by atoms with E-state index in [0.29, 0.717) is 23.4 Å². The average molecular weight is 203 g/mol. The fraction of sp³-hybridized carbons (Fsp3) is 0.400. The highest BCUT2D eigenvalue weighted by Gasteiger charge is 2.04. The standard InChI is InChI=1S/C10H12ClFO/c1-7(13)2-3-8-4-5-9(11)6-10(8)12/h4-7,13H,2-3H2,1H3/t7-/m0/s1. The number of rotatable bonds is 3. The van der Waals surface area contributed by atoms with Gasteiger partial charge in [-0.1, -0.05) is 17.7 Å². The summed E-state index contributed by atoms with van der Waals surface area (Å²) in [6.45, 7) is 1.69. The number of aliphatic hydroxyl groups excluding tert-OH is 1. The molecule has 0 amide bonds. The van der Waals surface area contributed by atoms with Gasteiger partial charge in [-0.25, -0.2) is 4.39 Å². The zero-order chi connectivity index (χ0) is 9.84. The van der Waals surface area contributed by atoms with Crippen molar-refractivity contribution in [3.63, 3.8) is 0 Å². The molecule has 0 aliphatic rings. The molecule has 0 heterocycles. The van der Waals surface area contributed by atoms with Crippen LogP contribution in [0.4, 0.5) is 4.39 Å². The Morgan fingerprint density at radius 2 is 2.23 bits per heavy atom. The van der Waals surface area contributed by atoms with Crippen molar-refractivity contribution in [3.05, 3.63) is 34.6 Å². The van der Waals surface area contributed by atoms with Crippen LogP contribution >= 0.6 is 11.6 Å². The molecule has 0 aromatic heterocycles. The minimum absolute atomic E-state index is 0.298. The predicted octanol–water partition coefficient (Wildman–Crippen LogP) is 2.79. The van der Waals surface area contributed by atoms with Gasteiger partial charge >= 0.3 is 0 Å². The van der Waals surface area contributed by atoms with Gasteiger partial charge in [-0.3, -0.25) is 0 Å². The summed E-state index contributed by atoms with van der Waals surface area (Å²) in [5.41, 5.74) is 0.602. The summed E-state index contributed by atoms with van der Waals surface area (Å²) in [6, 6.07) is 4.60. The minimum atomic E-state index is -0.393. The maximum Gasteiger partial charge on any atom is 0.127 e. The number of halogens is 2. The Kier molecular flexibility index (Phi) is 3.70. The number of hydrogen-bond acceptors (Lipinski definition) is 1. The van der Waals surface area contributed by atoms with Crippen molar-refractivity contribution in [3.8, 4) is 0 Å². The van der Waals surface area contributed by atoms with E-state index in [-0.39, 0.29) is 5.82 Å². The van der Waals surface area contributed by atoms with Crippen molar-refractivity contribution in [1.29, 1.82) is 0 Å². The van der Waals surface area contributed by atoms with E-state index in [2.05, 4.69) is 0 Å². The van der Waals surface area contributed by atoms with E-state index in [1.165, 1.54) is 6.07 Å². The summed E-state index contributed by atoms with van der Waals surface area (Å²) in [7, 11) is 0. The van der Waals surface area contributed by atoms with Gasteiger partial charge in [0.15, 0.2) is 0 Å².